The molecule has 2 N–H and O–H groups in total. The molecule has 0 unspecified atom stereocenters. The van der Waals surface area contributed by atoms with Gasteiger partial charge >= 0.3 is 0 Å². The molecule has 0 fully saturated rings. The van der Waals surface area contributed by atoms with E-state index in [1.54, 1.807) is 7.05 Å². The molecular weight excluding hydrogens is 145 g/mol. The van der Waals surface area contributed by atoms with Gasteiger partial charge < -0.3 is 5.73 Å². The van der Waals surface area contributed by atoms with Crippen molar-refractivity contribution in [2.24, 2.45) is 7.05 Å². The summed E-state index contributed by atoms with van der Waals surface area (Å²) >= 11 is 0. The van der Waals surface area contributed by atoms with E-state index in [0.717, 1.165) is 0 Å². The number of nitrogens with zero attached hydrogens (tertiary/aromatic N) is 2. The molecule has 62 valence electrons. The van der Waals surface area contributed by atoms with E-state index < -0.39 is 0 Å². The third-order valence-electron chi connectivity index (χ3n) is 1.60. The third-order valence-corrected chi connectivity index (χ3v) is 1.60. The van der Waals surface area contributed by atoms with Crippen LogP contribution in [-0.4, -0.2) is 9.78 Å². The summed E-state index contributed by atoms with van der Waals surface area (Å²) in [6.45, 7) is 3.76. The van der Waals surface area contributed by atoms with Crippen LogP contribution in [0.3, 0.4) is 0 Å². The van der Waals surface area contributed by atoms with Crippen molar-refractivity contribution in [3.63, 3.8) is 0 Å². The Balaban J connectivity index is 3.19. The minimum absolute atomic E-state index is 0.0819. The van der Waals surface area contributed by atoms with Crippen LogP contribution in [0.25, 0.3) is 0 Å². The summed E-state index contributed by atoms with van der Waals surface area (Å²) in [5, 5.41) is 3.93. The fourth-order valence-electron chi connectivity index (χ4n) is 0.902. The zero-order chi connectivity index (χ0) is 8.59. The minimum Gasteiger partial charge on any atom is -0.381 e. The predicted molar refractivity (Wildman–Crippen MR) is 41.7 cm³/mol. The van der Waals surface area contributed by atoms with Gasteiger partial charge in [0.2, 0.25) is 0 Å². The van der Waals surface area contributed by atoms with Gasteiger partial charge in [0.05, 0.1) is 0 Å². The summed E-state index contributed by atoms with van der Waals surface area (Å²) in [7, 11) is 1.63. The number of anilines is 1. The van der Waals surface area contributed by atoms with E-state index in [-0.39, 0.29) is 17.6 Å². The molecule has 0 aliphatic rings. The number of rotatable bonds is 1. The lowest BCUT2D eigenvalue weighted by molar-refractivity contribution is 0.600. The van der Waals surface area contributed by atoms with E-state index in [1.165, 1.54) is 4.68 Å². The molecule has 1 heterocycles. The summed E-state index contributed by atoms with van der Waals surface area (Å²) in [5.74, 6) is -0.199. The molecule has 0 spiro atoms. The van der Waals surface area contributed by atoms with Crippen molar-refractivity contribution in [2.45, 2.75) is 19.8 Å². The van der Waals surface area contributed by atoms with Crippen LogP contribution in [0.15, 0.2) is 0 Å². The smallest absolute Gasteiger partial charge is 0.188 e. The maximum atomic E-state index is 13.1. The highest BCUT2D eigenvalue weighted by Gasteiger charge is 2.15. The number of aromatic nitrogens is 2. The molecule has 11 heavy (non-hydrogen) atoms. The molecule has 3 nitrogen and oxygen atoms in total. The summed E-state index contributed by atoms with van der Waals surface area (Å²) in [6, 6.07) is 0. The highest BCUT2D eigenvalue weighted by Crippen LogP contribution is 2.20. The molecule has 0 amide bonds. The Kier molecular flexibility index (Phi) is 1.85. The highest BCUT2D eigenvalue weighted by molar-refractivity contribution is 5.34. The van der Waals surface area contributed by atoms with E-state index in [0.29, 0.717) is 5.69 Å². The Labute approximate surface area is 65.0 Å². The molecule has 1 aromatic heterocycles. The summed E-state index contributed by atoms with van der Waals surface area (Å²) < 4.78 is 14.4. The average molecular weight is 157 g/mol. The van der Waals surface area contributed by atoms with Crippen LogP contribution in [0.2, 0.25) is 0 Å². The predicted octanol–water partition coefficient (Wildman–Crippen LogP) is 1.26. The summed E-state index contributed by atoms with van der Waals surface area (Å²) in [5.41, 5.74) is 5.80. The number of nitrogens with two attached hydrogens (primary N) is 1. The van der Waals surface area contributed by atoms with Gasteiger partial charge in [0.1, 0.15) is 5.69 Å². The van der Waals surface area contributed by atoms with E-state index in [1.807, 2.05) is 13.8 Å². The van der Waals surface area contributed by atoms with Crippen LogP contribution in [0.1, 0.15) is 25.5 Å². The molecule has 0 aromatic carbocycles. The molecular formula is C7H12FN3. The normalized spacial score (nSPS) is 11.0. The zero-order valence-electron chi connectivity index (χ0n) is 6.93. The van der Waals surface area contributed by atoms with Crippen LogP contribution in [-0.2, 0) is 7.05 Å². The first-order valence-electron chi connectivity index (χ1n) is 3.52. The maximum Gasteiger partial charge on any atom is 0.188 e. The van der Waals surface area contributed by atoms with Gasteiger partial charge in [-0.1, -0.05) is 13.8 Å². The SMILES string of the molecule is CC(C)c1nn(C)c(N)c1F. The number of halogens is 1. The van der Waals surface area contributed by atoms with E-state index >= 15 is 0 Å². The number of nitrogen functional groups attached to an aromatic ring is 1. The van der Waals surface area contributed by atoms with Crippen molar-refractivity contribution in [3.8, 4) is 0 Å². The zero-order valence-corrected chi connectivity index (χ0v) is 6.93. The Morgan fingerprint density at radius 1 is 1.55 bits per heavy atom. The molecule has 0 aliphatic carbocycles. The standard InChI is InChI=1S/C7H12FN3/c1-4(2)6-5(8)7(9)11(3)10-6/h4H,9H2,1-3H3. The van der Waals surface area contributed by atoms with Crippen LogP contribution < -0.4 is 5.73 Å². The number of hydrogen-bond acceptors (Lipinski definition) is 2. The average Bonchev–Trinajstić information content (AvgIpc) is 2.17. The van der Waals surface area contributed by atoms with Crippen molar-refractivity contribution in [3.05, 3.63) is 11.5 Å². The van der Waals surface area contributed by atoms with Crippen LogP contribution >= 0.6 is 0 Å². The largest absolute Gasteiger partial charge is 0.381 e. The van der Waals surface area contributed by atoms with Gasteiger partial charge in [0, 0.05) is 13.0 Å². The fraction of sp³-hybridized carbons (Fsp3) is 0.571. The molecule has 4 heteroatoms. The van der Waals surface area contributed by atoms with Gasteiger partial charge in [0.15, 0.2) is 11.6 Å². The second kappa shape index (κ2) is 2.53. The number of aryl methyl sites for hydroxylation is 1. The molecule has 0 saturated carbocycles. The topological polar surface area (TPSA) is 43.8 Å². The van der Waals surface area contributed by atoms with E-state index in [4.69, 9.17) is 5.73 Å². The maximum absolute atomic E-state index is 13.1. The van der Waals surface area contributed by atoms with Gasteiger partial charge in [-0.05, 0) is 0 Å². The van der Waals surface area contributed by atoms with Crippen molar-refractivity contribution >= 4 is 5.82 Å². The van der Waals surface area contributed by atoms with Gasteiger partial charge in [-0.3, -0.25) is 4.68 Å². The van der Waals surface area contributed by atoms with E-state index in [2.05, 4.69) is 5.10 Å². The van der Waals surface area contributed by atoms with Crippen LogP contribution in [0.4, 0.5) is 10.2 Å². The summed E-state index contributed by atoms with van der Waals surface area (Å²) in [6.07, 6.45) is 0. The van der Waals surface area contributed by atoms with Crippen molar-refractivity contribution < 1.29 is 4.39 Å². The second-order valence-electron chi connectivity index (χ2n) is 2.86. The van der Waals surface area contributed by atoms with Crippen molar-refractivity contribution in [1.82, 2.24) is 9.78 Å². The van der Waals surface area contributed by atoms with E-state index in [9.17, 15) is 4.39 Å². The summed E-state index contributed by atoms with van der Waals surface area (Å²) in [4.78, 5) is 0. The highest BCUT2D eigenvalue weighted by atomic mass is 19.1. The monoisotopic (exact) mass is 157 g/mol. The van der Waals surface area contributed by atoms with Crippen molar-refractivity contribution in [1.29, 1.82) is 0 Å². The number of hydrogen-bond donors (Lipinski definition) is 1. The molecule has 0 radical (unpaired) electrons. The molecule has 0 atom stereocenters. The lowest BCUT2D eigenvalue weighted by Gasteiger charge is -1.96. The van der Waals surface area contributed by atoms with Gasteiger partial charge in [0.25, 0.3) is 0 Å². The van der Waals surface area contributed by atoms with Gasteiger partial charge in [-0.25, -0.2) is 4.39 Å². The Bertz CT molecular complexity index is 265. The molecule has 0 saturated heterocycles. The van der Waals surface area contributed by atoms with Crippen molar-refractivity contribution in [2.75, 3.05) is 5.73 Å². The Hall–Kier alpha value is -1.06. The van der Waals surface area contributed by atoms with Gasteiger partial charge in [-0.2, -0.15) is 5.10 Å². The molecule has 1 rings (SSSR count). The van der Waals surface area contributed by atoms with Crippen LogP contribution in [0, 0.1) is 5.82 Å². The minimum atomic E-state index is -0.387. The molecule has 1 aromatic rings. The first-order valence-corrected chi connectivity index (χ1v) is 3.52. The third kappa shape index (κ3) is 1.20. The fourth-order valence-corrected chi connectivity index (χ4v) is 0.902. The second-order valence-corrected chi connectivity index (χ2v) is 2.86. The van der Waals surface area contributed by atoms with Crippen LogP contribution in [0.5, 0.6) is 0 Å². The lowest BCUT2D eigenvalue weighted by atomic mass is 10.1. The molecule has 0 bridgehead atoms. The molecule has 0 aliphatic heterocycles. The Morgan fingerprint density at radius 3 is 2.27 bits per heavy atom. The quantitative estimate of drug-likeness (QED) is 0.667. The first kappa shape index (κ1) is 8.04. The Morgan fingerprint density at radius 2 is 2.09 bits per heavy atom. The lowest BCUT2D eigenvalue weighted by Crippen LogP contribution is -1.98. The first-order chi connectivity index (χ1) is 5.04. The van der Waals surface area contributed by atoms with Gasteiger partial charge in [-0.15, -0.1) is 0 Å².